The van der Waals surface area contributed by atoms with Crippen LogP contribution in [0.25, 0.3) is 0 Å². The second-order valence-corrected chi connectivity index (χ2v) is 2.96. The summed E-state index contributed by atoms with van der Waals surface area (Å²) in [4.78, 5) is 9.80. The van der Waals surface area contributed by atoms with Gasteiger partial charge in [-0.25, -0.2) is 0 Å². The summed E-state index contributed by atoms with van der Waals surface area (Å²) in [6.07, 6.45) is 0.0503. The summed E-state index contributed by atoms with van der Waals surface area (Å²) in [5, 5.41) is 22.1. The lowest BCUT2D eigenvalue weighted by atomic mass is 10.5. The number of hydrogen-bond acceptors (Lipinski definition) is 4. The van der Waals surface area contributed by atoms with Gasteiger partial charge in [-0.2, -0.15) is 3.45 Å². The third kappa shape index (κ3) is 25.4. The minimum absolute atomic E-state index is 0. The first-order valence-corrected chi connectivity index (χ1v) is 3.50. The zero-order chi connectivity index (χ0) is 9.28. The van der Waals surface area contributed by atoms with Crippen LogP contribution in [0.15, 0.2) is 0 Å². The summed E-state index contributed by atoms with van der Waals surface area (Å²) in [5.74, 6) is -0.852. The molecule has 0 rings (SSSR count). The third-order valence-electron chi connectivity index (χ3n) is 0.495. The zero-order valence-corrected chi connectivity index (χ0v) is 7.79. The largest absolute Gasteiger partial charge is 0.482 e. The van der Waals surface area contributed by atoms with Gasteiger partial charge in [0.25, 0.3) is 0 Å². The van der Waals surface area contributed by atoms with E-state index in [0.29, 0.717) is 6.54 Å². The molecule has 0 aromatic rings. The summed E-state index contributed by atoms with van der Waals surface area (Å²) < 4.78 is 1.13. The summed E-state index contributed by atoms with van der Waals surface area (Å²) >= 11 is 8.05. The Morgan fingerprint density at radius 2 is 2.00 bits per heavy atom. The first kappa shape index (κ1) is 13.8. The van der Waals surface area contributed by atoms with Crippen molar-refractivity contribution in [2.75, 3.05) is 6.54 Å². The summed E-state index contributed by atoms with van der Waals surface area (Å²) in [5.41, 5.74) is 0. The number of carboxylic acids is 1. The molecule has 0 aliphatic rings. The predicted molar refractivity (Wildman–Crippen MR) is 43.9 cm³/mol. The molecule has 0 unspecified atom stereocenters. The van der Waals surface area contributed by atoms with Crippen molar-refractivity contribution in [1.82, 2.24) is 3.45 Å². The summed E-state index contributed by atoms with van der Waals surface area (Å²) in [6, 6.07) is 0. The fourth-order valence-electron chi connectivity index (χ4n) is 0.180. The van der Waals surface area contributed by atoms with Crippen LogP contribution >= 0.6 is 27.9 Å². The van der Waals surface area contributed by atoms with Gasteiger partial charge in [0.05, 0.1) is 6.42 Å². The standard InChI is InChI=1S/C3H5BrClNO2.BH2O2/c4-6(5)2-1-3(7)8;2-1-3/h1-2H2,(H,7,8);2-3H. The van der Waals surface area contributed by atoms with Gasteiger partial charge in [0.15, 0.2) is 0 Å². The second kappa shape index (κ2) is 10.2. The van der Waals surface area contributed by atoms with E-state index in [1.807, 2.05) is 0 Å². The molecule has 0 aromatic carbocycles. The van der Waals surface area contributed by atoms with Gasteiger partial charge in [-0.05, 0) is 11.8 Å². The van der Waals surface area contributed by atoms with E-state index in [0.717, 1.165) is 3.45 Å². The maximum Gasteiger partial charge on any atom is 0.482 e. The fourth-order valence-corrected chi connectivity index (χ4v) is 0.442. The third-order valence-corrected chi connectivity index (χ3v) is 1.02. The molecule has 0 saturated heterocycles. The van der Waals surface area contributed by atoms with Crippen LogP contribution in [0.3, 0.4) is 0 Å². The van der Waals surface area contributed by atoms with Gasteiger partial charge in [0, 0.05) is 22.7 Å². The number of carbonyl (C=O) groups is 1. The Kier molecular flexibility index (Phi) is 12.7. The predicted octanol–water partition coefficient (Wildman–Crippen LogP) is -0.268. The van der Waals surface area contributed by atoms with E-state index < -0.39 is 5.97 Å². The maximum absolute atomic E-state index is 9.80. The average Bonchev–Trinajstić information content (AvgIpc) is 1.85. The Morgan fingerprint density at radius 3 is 2.09 bits per heavy atom. The van der Waals surface area contributed by atoms with Crippen molar-refractivity contribution < 1.29 is 19.9 Å². The maximum atomic E-state index is 9.80. The summed E-state index contributed by atoms with van der Waals surface area (Å²) in [7, 11) is 0. The minimum Gasteiger partial charge on any atom is -0.481 e. The quantitative estimate of drug-likeness (QED) is 0.472. The Balaban J connectivity index is 0. The van der Waals surface area contributed by atoms with Crippen LogP contribution in [-0.2, 0) is 4.79 Å². The number of halogens is 2. The Bertz CT molecular complexity index is 105. The molecule has 0 amide bonds. The van der Waals surface area contributed by atoms with Crippen LogP contribution in [0.1, 0.15) is 6.42 Å². The van der Waals surface area contributed by atoms with Crippen LogP contribution in [0.2, 0.25) is 0 Å². The van der Waals surface area contributed by atoms with Crippen LogP contribution in [-0.4, -0.2) is 38.8 Å². The Hall–Kier alpha value is 0.185. The molecule has 0 aromatic heterocycles. The van der Waals surface area contributed by atoms with E-state index in [9.17, 15) is 4.79 Å². The molecule has 0 atom stereocenters. The van der Waals surface area contributed by atoms with E-state index in [4.69, 9.17) is 26.9 Å². The molecular formula is C3H7BBrClNO4. The van der Waals surface area contributed by atoms with E-state index in [-0.39, 0.29) is 14.1 Å². The second-order valence-electron chi connectivity index (χ2n) is 1.29. The van der Waals surface area contributed by atoms with Gasteiger partial charge in [0.1, 0.15) is 0 Å². The van der Waals surface area contributed by atoms with Crippen molar-refractivity contribution in [1.29, 1.82) is 0 Å². The molecule has 5 nitrogen and oxygen atoms in total. The highest BCUT2D eigenvalue weighted by molar-refractivity contribution is 9.08. The topological polar surface area (TPSA) is 81.0 Å². The number of carboxylic acid groups (broad SMARTS) is 1. The van der Waals surface area contributed by atoms with E-state index in [1.165, 1.54) is 0 Å². The molecule has 8 heteroatoms. The molecule has 0 aliphatic carbocycles. The number of aliphatic carboxylic acids is 1. The zero-order valence-electron chi connectivity index (χ0n) is 5.44. The normalized spacial score (nSPS) is 8.45. The lowest BCUT2D eigenvalue weighted by molar-refractivity contribution is -0.136. The smallest absolute Gasteiger partial charge is 0.481 e. The molecule has 65 valence electrons. The fraction of sp³-hybridized carbons (Fsp3) is 0.667. The van der Waals surface area contributed by atoms with Gasteiger partial charge >= 0.3 is 13.7 Å². The van der Waals surface area contributed by atoms with Gasteiger partial charge < -0.3 is 15.2 Å². The van der Waals surface area contributed by atoms with Gasteiger partial charge in [-0.15, -0.1) is 0 Å². The highest BCUT2D eigenvalue weighted by Crippen LogP contribution is 2.01. The molecule has 11 heavy (non-hydrogen) atoms. The highest BCUT2D eigenvalue weighted by Gasteiger charge is 1.98. The molecule has 0 heterocycles. The van der Waals surface area contributed by atoms with Crippen molar-refractivity contribution in [3.63, 3.8) is 0 Å². The molecule has 0 saturated carbocycles. The first-order chi connectivity index (χ1) is 5.04. The van der Waals surface area contributed by atoms with Crippen LogP contribution in [0.5, 0.6) is 0 Å². The van der Waals surface area contributed by atoms with Crippen LogP contribution < -0.4 is 0 Å². The lowest BCUT2D eigenvalue weighted by Gasteiger charge is -1.97. The van der Waals surface area contributed by atoms with Gasteiger partial charge in [-0.3, -0.25) is 4.79 Å². The van der Waals surface area contributed by atoms with Crippen LogP contribution in [0.4, 0.5) is 0 Å². The number of nitrogens with zero attached hydrogens (tertiary/aromatic N) is 1. The van der Waals surface area contributed by atoms with E-state index in [1.54, 1.807) is 0 Å². The molecule has 0 spiro atoms. The average molecular weight is 247 g/mol. The number of rotatable bonds is 3. The van der Waals surface area contributed by atoms with Crippen molar-refractivity contribution >= 4 is 41.6 Å². The van der Waals surface area contributed by atoms with E-state index in [2.05, 4.69) is 16.1 Å². The monoisotopic (exact) mass is 246 g/mol. The molecule has 0 fully saturated rings. The molecule has 1 radical (unpaired) electrons. The van der Waals surface area contributed by atoms with Crippen LogP contribution in [0, 0.1) is 0 Å². The SMILES string of the molecule is O=C(O)CCN(Cl)Br.O[B]O. The Morgan fingerprint density at radius 1 is 1.64 bits per heavy atom. The minimum atomic E-state index is -0.852. The molecular weight excluding hydrogens is 240 g/mol. The van der Waals surface area contributed by atoms with Crippen molar-refractivity contribution in [2.45, 2.75) is 6.42 Å². The molecule has 3 N–H and O–H groups in total. The van der Waals surface area contributed by atoms with Crippen molar-refractivity contribution in [3.8, 4) is 0 Å². The molecule has 0 bridgehead atoms. The molecule has 0 aliphatic heterocycles. The lowest BCUT2D eigenvalue weighted by Crippen LogP contribution is -2.05. The van der Waals surface area contributed by atoms with Gasteiger partial charge in [-0.1, -0.05) is 0 Å². The number of hydrogen-bond donors (Lipinski definition) is 3. The van der Waals surface area contributed by atoms with Crippen molar-refractivity contribution in [2.24, 2.45) is 0 Å². The highest BCUT2D eigenvalue weighted by atomic mass is 79.9. The summed E-state index contributed by atoms with van der Waals surface area (Å²) in [6.45, 7) is 0.302. The first-order valence-electron chi connectivity index (χ1n) is 2.45. The van der Waals surface area contributed by atoms with E-state index >= 15 is 0 Å². The Labute approximate surface area is 78.3 Å². The van der Waals surface area contributed by atoms with Crippen molar-refractivity contribution in [3.05, 3.63) is 0 Å². The van der Waals surface area contributed by atoms with Gasteiger partial charge in [0.2, 0.25) is 0 Å².